The third-order valence-corrected chi connectivity index (χ3v) is 6.93. The summed E-state index contributed by atoms with van der Waals surface area (Å²) in [7, 11) is 0. The minimum absolute atomic E-state index is 0.0801. The number of thiocarbonyl (C=S) groups is 1. The van der Waals surface area contributed by atoms with Crippen LogP contribution in [0, 0.1) is 13.8 Å². The van der Waals surface area contributed by atoms with Crippen molar-refractivity contribution >= 4 is 40.5 Å². The van der Waals surface area contributed by atoms with Crippen LogP contribution < -0.4 is 5.32 Å². The molecule has 4 aromatic rings. The van der Waals surface area contributed by atoms with Crippen LogP contribution in [0.4, 0.5) is 0 Å². The van der Waals surface area contributed by atoms with Crippen molar-refractivity contribution in [3.8, 4) is 5.69 Å². The number of hydrogen-bond donors (Lipinski definition) is 1. The molecule has 4 heterocycles. The Labute approximate surface area is 207 Å². The third-order valence-electron chi connectivity index (χ3n) is 6.04. The van der Waals surface area contributed by atoms with E-state index >= 15 is 0 Å². The second kappa shape index (κ2) is 8.86. The number of nitrogens with one attached hydrogen (secondary N) is 1. The van der Waals surface area contributed by atoms with Gasteiger partial charge in [0.25, 0.3) is 0 Å². The minimum atomic E-state index is -0.108. The summed E-state index contributed by atoms with van der Waals surface area (Å²) in [6, 6.07) is 17.4. The zero-order valence-electron chi connectivity index (χ0n) is 18.1. The molecule has 1 saturated heterocycles. The Kier molecular flexibility index (Phi) is 5.91. The van der Waals surface area contributed by atoms with Gasteiger partial charge in [0, 0.05) is 22.6 Å². The molecule has 1 aromatic carbocycles. The van der Waals surface area contributed by atoms with Crippen LogP contribution in [0.15, 0.2) is 71.5 Å². The molecular weight excluding hydrogens is 475 g/mol. The lowest BCUT2D eigenvalue weighted by molar-refractivity contribution is 0.286. The fraction of sp³-hybridized carbons (Fsp3) is 0.200. The molecule has 3 aromatic heterocycles. The van der Waals surface area contributed by atoms with E-state index in [2.05, 4.69) is 39.7 Å². The van der Waals surface area contributed by atoms with E-state index in [-0.39, 0.29) is 12.1 Å². The molecule has 0 amide bonds. The second-order valence-corrected chi connectivity index (χ2v) is 9.32. The first-order valence-electron chi connectivity index (χ1n) is 10.6. The fourth-order valence-electron chi connectivity index (χ4n) is 4.61. The molecule has 8 heteroatoms. The molecule has 1 aliphatic heterocycles. The molecule has 0 unspecified atom stereocenters. The third kappa shape index (κ3) is 4.03. The predicted octanol–water partition coefficient (Wildman–Crippen LogP) is 6.56. The van der Waals surface area contributed by atoms with Gasteiger partial charge in [0.05, 0.1) is 41.3 Å². The zero-order valence-corrected chi connectivity index (χ0v) is 20.5. The number of halogens is 2. The lowest BCUT2D eigenvalue weighted by Crippen LogP contribution is -2.29. The van der Waals surface area contributed by atoms with Crippen LogP contribution in [-0.4, -0.2) is 19.6 Å². The van der Waals surface area contributed by atoms with E-state index in [1.54, 1.807) is 12.3 Å². The first kappa shape index (κ1) is 22.0. The van der Waals surface area contributed by atoms with Gasteiger partial charge in [-0.25, -0.2) is 0 Å². The van der Waals surface area contributed by atoms with E-state index in [0.29, 0.717) is 21.7 Å². The number of pyridine rings is 1. The molecule has 0 bridgehead atoms. The summed E-state index contributed by atoms with van der Waals surface area (Å²) in [5.41, 5.74) is 5.12. The van der Waals surface area contributed by atoms with Crippen LogP contribution in [0.3, 0.4) is 0 Å². The van der Waals surface area contributed by atoms with E-state index < -0.39 is 0 Å². The van der Waals surface area contributed by atoms with Crippen molar-refractivity contribution < 1.29 is 4.42 Å². The van der Waals surface area contributed by atoms with Gasteiger partial charge in [-0.3, -0.25) is 4.98 Å². The Morgan fingerprint density at radius 1 is 1.09 bits per heavy atom. The van der Waals surface area contributed by atoms with Crippen molar-refractivity contribution in [3.05, 3.63) is 106 Å². The Balaban J connectivity index is 1.64. The standard InChI is InChI=1S/C25H22Cl2N4OS/c1-15-12-19(16(2)31(15)22-9-8-17(26)13-20(22)27)24-23(21-7-3-4-10-28-21)29-25(33)30(24)14-18-6-5-11-32-18/h3-13,23-24H,14H2,1-2H3,(H,29,33)/t23-,24-/m1/s1. The SMILES string of the molecule is Cc1cc([C@@H]2[C@@H](c3ccccn3)NC(=S)N2Cc2ccco2)c(C)n1-c1ccc(Cl)cc1Cl. The molecular formula is C25H22Cl2N4OS. The van der Waals surface area contributed by atoms with Crippen molar-refractivity contribution in [2.75, 3.05) is 0 Å². The van der Waals surface area contributed by atoms with Crippen molar-refractivity contribution in [2.24, 2.45) is 0 Å². The Bertz CT molecular complexity index is 1300. The normalized spacial score (nSPS) is 18.1. The molecule has 0 aliphatic carbocycles. The molecule has 5 rings (SSSR count). The average molecular weight is 497 g/mol. The van der Waals surface area contributed by atoms with Crippen LogP contribution in [0.1, 0.15) is 40.5 Å². The topological polar surface area (TPSA) is 46.2 Å². The zero-order chi connectivity index (χ0) is 23.1. The van der Waals surface area contributed by atoms with Gasteiger partial charge in [-0.05, 0) is 80.2 Å². The summed E-state index contributed by atoms with van der Waals surface area (Å²) in [4.78, 5) is 6.80. The van der Waals surface area contributed by atoms with E-state index in [1.165, 1.54) is 0 Å². The molecule has 168 valence electrons. The van der Waals surface area contributed by atoms with Crippen LogP contribution in [0.25, 0.3) is 5.69 Å². The summed E-state index contributed by atoms with van der Waals surface area (Å²) in [6.07, 6.45) is 3.49. The smallest absolute Gasteiger partial charge is 0.170 e. The second-order valence-electron chi connectivity index (χ2n) is 8.09. The molecule has 2 atom stereocenters. The number of aromatic nitrogens is 2. The lowest BCUT2D eigenvalue weighted by atomic mass is 9.96. The monoisotopic (exact) mass is 496 g/mol. The van der Waals surface area contributed by atoms with Crippen molar-refractivity contribution in [3.63, 3.8) is 0 Å². The van der Waals surface area contributed by atoms with E-state index in [4.69, 9.17) is 39.8 Å². The van der Waals surface area contributed by atoms with Gasteiger partial charge in [-0.1, -0.05) is 29.3 Å². The quantitative estimate of drug-likeness (QED) is 0.317. The lowest BCUT2D eigenvalue weighted by Gasteiger charge is -2.27. The number of hydrogen-bond acceptors (Lipinski definition) is 3. The fourth-order valence-corrected chi connectivity index (χ4v) is 5.40. The van der Waals surface area contributed by atoms with E-state index in [0.717, 1.165) is 34.1 Å². The first-order chi connectivity index (χ1) is 15.9. The van der Waals surface area contributed by atoms with Crippen molar-refractivity contribution in [1.82, 2.24) is 19.8 Å². The summed E-state index contributed by atoms with van der Waals surface area (Å²) in [6.45, 7) is 4.74. The van der Waals surface area contributed by atoms with Crippen LogP contribution in [0.5, 0.6) is 0 Å². The van der Waals surface area contributed by atoms with Crippen molar-refractivity contribution in [1.29, 1.82) is 0 Å². The number of rotatable bonds is 5. The number of nitrogens with zero attached hydrogens (tertiary/aromatic N) is 3. The maximum absolute atomic E-state index is 6.58. The van der Waals surface area contributed by atoms with Crippen molar-refractivity contribution in [2.45, 2.75) is 32.5 Å². The molecule has 1 N–H and O–H groups in total. The molecule has 0 saturated carbocycles. The van der Waals surface area contributed by atoms with Gasteiger partial charge in [0.15, 0.2) is 5.11 Å². The Morgan fingerprint density at radius 3 is 2.64 bits per heavy atom. The minimum Gasteiger partial charge on any atom is -0.467 e. The number of aryl methyl sites for hydroxylation is 1. The Morgan fingerprint density at radius 2 is 1.94 bits per heavy atom. The van der Waals surface area contributed by atoms with Gasteiger partial charge in [0.1, 0.15) is 5.76 Å². The highest BCUT2D eigenvalue weighted by atomic mass is 35.5. The molecule has 0 spiro atoms. The van der Waals surface area contributed by atoms with Gasteiger partial charge in [0.2, 0.25) is 0 Å². The van der Waals surface area contributed by atoms with Crippen LogP contribution >= 0.6 is 35.4 Å². The van der Waals surface area contributed by atoms with Gasteiger partial charge in [-0.15, -0.1) is 0 Å². The number of furan rings is 1. The molecule has 1 fully saturated rings. The Hall–Kier alpha value is -2.80. The van der Waals surface area contributed by atoms with Crippen LogP contribution in [-0.2, 0) is 6.54 Å². The summed E-state index contributed by atoms with van der Waals surface area (Å²) < 4.78 is 7.81. The van der Waals surface area contributed by atoms with Gasteiger partial charge < -0.3 is 19.2 Å². The van der Waals surface area contributed by atoms with E-state index in [9.17, 15) is 0 Å². The highest BCUT2D eigenvalue weighted by molar-refractivity contribution is 7.80. The summed E-state index contributed by atoms with van der Waals surface area (Å²) in [5, 5.41) is 5.37. The summed E-state index contributed by atoms with van der Waals surface area (Å²) in [5.74, 6) is 0.848. The van der Waals surface area contributed by atoms with Crippen LogP contribution in [0.2, 0.25) is 10.0 Å². The van der Waals surface area contributed by atoms with E-state index in [1.807, 2.05) is 48.7 Å². The summed E-state index contributed by atoms with van der Waals surface area (Å²) >= 11 is 18.5. The molecule has 0 radical (unpaired) electrons. The number of benzene rings is 1. The van der Waals surface area contributed by atoms with Gasteiger partial charge in [-0.2, -0.15) is 0 Å². The maximum atomic E-state index is 6.58. The largest absolute Gasteiger partial charge is 0.467 e. The molecule has 33 heavy (non-hydrogen) atoms. The van der Waals surface area contributed by atoms with Gasteiger partial charge >= 0.3 is 0 Å². The first-order valence-corrected chi connectivity index (χ1v) is 11.7. The average Bonchev–Trinajstić information content (AvgIpc) is 3.49. The molecule has 5 nitrogen and oxygen atoms in total. The molecule has 1 aliphatic rings. The predicted molar refractivity (Wildman–Crippen MR) is 135 cm³/mol. The maximum Gasteiger partial charge on any atom is 0.170 e. The highest BCUT2D eigenvalue weighted by Gasteiger charge is 2.41. The highest BCUT2D eigenvalue weighted by Crippen LogP contribution is 2.42.